The zero-order valence-corrected chi connectivity index (χ0v) is 16.0. The number of thiophene rings is 1. The topological polar surface area (TPSA) is 64.0 Å². The molecule has 0 bridgehead atoms. The average Bonchev–Trinajstić information content (AvgIpc) is 3.03. The second-order valence-corrected chi connectivity index (χ2v) is 8.36. The van der Waals surface area contributed by atoms with Gasteiger partial charge in [-0.2, -0.15) is 0 Å². The Morgan fingerprint density at radius 3 is 2.80 bits per heavy atom. The maximum atomic E-state index is 12.5. The number of amides is 1. The lowest BCUT2D eigenvalue weighted by atomic mass is 10.3. The fraction of sp³-hybridized carbons (Fsp3) is 0.235. The van der Waals surface area contributed by atoms with Crippen LogP contribution >= 0.6 is 34.7 Å². The first-order valence-electron chi connectivity index (χ1n) is 7.71. The molecule has 0 aliphatic carbocycles. The zero-order valence-electron chi connectivity index (χ0n) is 13.7. The molecule has 3 rings (SSSR count). The Labute approximate surface area is 158 Å². The molecule has 2 heterocycles. The Morgan fingerprint density at radius 2 is 2.12 bits per heavy atom. The highest BCUT2D eigenvalue weighted by atomic mass is 35.5. The van der Waals surface area contributed by atoms with Gasteiger partial charge in [-0.15, -0.1) is 23.1 Å². The van der Waals surface area contributed by atoms with Gasteiger partial charge in [0, 0.05) is 14.8 Å². The van der Waals surface area contributed by atoms with Gasteiger partial charge in [0.1, 0.15) is 11.2 Å². The Morgan fingerprint density at radius 1 is 1.40 bits per heavy atom. The van der Waals surface area contributed by atoms with Crippen molar-refractivity contribution in [2.75, 3.05) is 5.43 Å². The molecule has 5 nitrogen and oxygen atoms in total. The van der Waals surface area contributed by atoms with E-state index in [1.807, 2.05) is 25.1 Å². The average molecular weight is 394 g/mol. The number of hydrogen-bond donors (Lipinski definition) is 1. The standard InChI is InChI=1S/C17H16ClN3O2S2/c1-3-12-8-14-16(25-12)19-9-21(17(14)23)20-15(22)10(2)24-13-6-4-11(18)5-7-13/h4-10H,3H2,1-2H3,(H,20,22). The highest BCUT2D eigenvalue weighted by Gasteiger charge is 2.16. The number of carbonyl (C=O) groups excluding carboxylic acids is 1. The Hall–Kier alpha value is -1.83. The molecule has 0 fully saturated rings. The number of halogens is 1. The lowest BCUT2D eigenvalue weighted by molar-refractivity contribution is -0.116. The molecule has 0 aliphatic heterocycles. The molecule has 0 saturated carbocycles. The van der Waals surface area contributed by atoms with E-state index >= 15 is 0 Å². The second kappa shape index (κ2) is 7.59. The first kappa shape index (κ1) is 18.0. The van der Waals surface area contributed by atoms with Crippen molar-refractivity contribution in [1.82, 2.24) is 9.66 Å². The van der Waals surface area contributed by atoms with Crippen molar-refractivity contribution in [3.63, 3.8) is 0 Å². The van der Waals surface area contributed by atoms with Gasteiger partial charge in [-0.1, -0.05) is 18.5 Å². The predicted molar refractivity (Wildman–Crippen MR) is 104 cm³/mol. The summed E-state index contributed by atoms with van der Waals surface area (Å²) < 4.78 is 1.15. The van der Waals surface area contributed by atoms with Crippen molar-refractivity contribution >= 4 is 50.8 Å². The summed E-state index contributed by atoms with van der Waals surface area (Å²) in [6.45, 7) is 3.81. The molecular weight excluding hydrogens is 378 g/mol. The molecule has 25 heavy (non-hydrogen) atoms. The number of hydrogen-bond acceptors (Lipinski definition) is 5. The van der Waals surface area contributed by atoms with Gasteiger partial charge in [0.2, 0.25) is 0 Å². The van der Waals surface area contributed by atoms with Crippen molar-refractivity contribution < 1.29 is 4.79 Å². The van der Waals surface area contributed by atoms with Crippen molar-refractivity contribution in [3.8, 4) is 0 Å². The second-order valence-electron chi connectivity index (χ2n) is 5.39. The molecule has 0 radical (unpaired) electrons. The number of nitrogens with one attached hydrogen (secondary N) is 1. The molecule has 2 aromatic heterocycles. The molecular formula is C17H16ClN3O2S2. The third-order valence-corrected chi connectivity index (χ3v) is 6.13. The number of thioether (sulfide) groups is 1. The van der Waals surface area contributed by atoms with E-state index in [2.05, 4.69) is 10.4 Å². The van der Waals surface area contributed by atoms with E-state index in [1.54, 1.807) is 19.1 Å². The van der Waals surface area contributed by atoms with E-state index in [0.29, 0.717) is 15.2 Å². The van der Waals surface area contributed by atoms with Crippen LogP contribution in [0, 0.1) is 0 Å². The summed E-state index contributed by atoms with van der Waals surface area (Å²) in [5.41, 5.74) is 2.36. The van der Waals surface area contributed by atoms with Crippen LogP contribution in [0.4, 0.5) is 0 Å². The number of carbonyl (C=O) groups is 1. The summed E-state index contributed by atoms with van der Waals surface area (Å²) >= 11 is 8.75. The molecule has 1 unspecified atom stereocenters. The molecule has 8 heteroatoms. The van der Waals surface area contributed by atoms with E-state index < -0.39 is 0 Å². The normalized spacial score (nSPS) is 12.3. The molecule has 1 amide bonds. The quantitative estimate of drug-likeness (QED) is 0.667. The van der Waals surface area contributed by atoms with Gasteiger partial charge in [-0.25, -0.2) is 9.66 Å². The zero-order chi connectivity index (χ0) is 18.0. The lowest BCUT2D eigenvalue weighted by Crippen LogP contribution is -2.36. The number of aryl methyl sites for hydroxylation is 1. The molecule has 130 valence electrons. The van der Waals surface area contributed by atoms with Crippen LogP contribution in [-0.2, 0) is 11.2 Å². The van der Waals surface area contributed by atoms with Crippen molar-refractivity contribution in [2.24, 2.45) is 0 Å². The summed E-state index contributed by atoms with van der Waals surface area (Å²) in [6.07, 6.45) is 2.21. The van der Waals surface area contributed by atoms with E-state index in [0.717, 1.165) is 20.9 Å². The monoisotopic (exact) mass is 393 g/mol. The van der Waals surface area contributed by atoms with Gasteiger partial charge >= 0.3 is 0 Å². The van der Waals surface area contributed by atoms with Crippen LogP contribution in [0.3, 0.4) is 0 Å². The van der Waals surface area contributed by atoms with Crippen molar-refractivity contribution in [2.45, 2.75) is 30.4 Å². The molecule has 1 atom stereocenters. The van der Waals surface area contributed by atoms with Crippen LogP contribution in [0.1, 0.15) is 18.7 Å². The maximum absolute atomic E-state index is 12.5. The fourth-order valence-corrected chi connectivity index (χ4v) is 4.12. The van der Waals surface area contributed by atoms with Gasteiger partial charge in [-0.05, 0) is 43.7 Å². The molecule has 3 aromatic rings. The molecule has 0 spiro atoms. The van der Waals surface area contributed by atoms with Gasteiger partial charge in [0.05, 0.1) is 10.6 Å². The molecule has 0 aliphatic rings. The van der Waals surface area contributed by atoms with Crippen molar-refractivity contribution in [1.29, 1.82) is 0 Å². The maximum Gasteiger partial charge on any atom is 0.280 e. The third kappa shape index (κ3) is 4.05. The number of nitrogens with zero attached hydrogens (tertiary/aromatic N) is 2. The first-order chi connectivity index (χ1) is 12.0. The molecule has 1 aromatic carbocycles. The minimum atomic E-state index is -0.377. The molecule has 1 N–H and O–H groups in total. The summed E-state index contributed by atoms with van der Waals surface area (Å²) in [5, 5.41) is 0.801. The Balaban J connectivity index is 1.75. The van der Waals surface area contributed by atoms with Crippen LogP contribution < -0.4 is 11.0 Å². The summed E-state index contributed by atoms with van der Waals surface area (Å²) in [7, 11) is 0. The van der Waals surface area contributed by atoms with Crippen molar-refractivity contribution in [3.05, 3.63) is 56.9 Å². The summed E-state index contributed by atoms with van der Waals surface area (Å²) in [4.78, 5) is 31.9. The van der Waals surface area contributed by atoms with Crippen LogP contribution in [0.15, 0.2) is 46.3 Å². The largest absolute Gasteiger partial charge is 0.280 e. The highest BCUT2D eigenvalue weighted by molar-refractivity contribution is 8.00. The number of rotatable bonds is 5. The first-order valence-corrected chi connectivity index (χ1v) is 9.78. The van der Waals surface area contributed by atoms with Gasteiger partial charge in [0.25, 0.3) is 11.5 Å². The Kier molecular flexibility index (Phi) is 5.46. The smallest absolute Gasteiger partial charge is 0.272 e. The van der Waals surface area contributed by atoms with Gasteiger partial charge in [-0.3, -0.25) is 15.0 Å². The van der Waals surface area contributed by atoms with Crippen LogP contribution in [-0.4, -0.2) is 20.8 Å². The number of benzene rings is 1. The fourth-order valence-electron chi connectivity index (χ4n) is 2.21. The van der Waals surface area contributed by atoms with Gasteiger partial charge < -0.3 is 0 Å². The molecule has 0 saturated heterocycles. The van der Waals surface area contributed by atoms with Gasteiger partial charge in [0.15, 0.2) is 0 Å². The third-order valence-electron chi connectivity index (χ3n) is 3.58. The van der Waals surface area contributed by atoms with E-state index in [-0.39, 0.29) is 16.7 Å². The van der Waals surface area contributed by atoms with E-state index in [1.165, 1.54) is 29.4 Å². The minimum absolute atomic E-state index is 0.266. The summed E-state index contributed by atoms with van der Waals surface area (Å²) in [6, 6.07) is 9.10. The summed E-state index contributed by atoms with van der Waals surface area (Å²) in [5.74, 6) is -0.269. The number of aromatic nitrogens is 2. The predicted octanol–water partition coefficient (Wildman–Crippen LogP) is 3.92. The van der Waals surface area contributed by atoms with Crippen LogP contribution in [0.2, 0.25) is 5.02 Å². The highest BCUT2D eigenvalue weighted by Crippen LogP contribution is 2.25. The SMILES string of the molecule is CCc1cc2c(=O)n(NC(=O)C(C)Sc3ccc(Cl)cc3)cnc2s1. The van der Waals surface area contributed by atoms with E-state index in [4.69, 9.17) is 11.6 Å². The minimum Gasteiger partial charge on any atom is -0.272 e. The number of fused-ring (bicyclic) bond motifs is 1. The van der Waals surface area contributed by atoms with Crippen LogP contribution in [0.25, 0.3) is 10.2 Å². The van der Waals surface area contributed by atoms with Crippen LogP contribution in [0.5, 0.6) is 0 Å². The lowest BCUT2D eigenvalue weighted by Gasteiger charge is -2.13. The van der Waals surface area contributed by atoms with E-state index in [9.17, 15) is 9.59 Å². The Bertz CT molecular complexity index is 966.